The van der Waals surface area contributed by atoms with E-state index >= 15 is 0 Å². The molecule has 0 unspecified atom stereocenters. The molecule has 4 N–H and O–H groups in total. The normalized spacial score (nSPS) is 12.1. The van der Waals surface area contributed by atoms with E-state index in [2.05, 4.69) is 35.0 Å². The van der Waals surface area contributed by atoms with Crippen LogP contribution < -0.4 is 11.5 Å². The highest BCUT2D eigenvalue weighted by molar-refractivity contribution is 7.10. The fourth-order valence-corrected chi connectivity index (χ4v) is 8.30. The standard InChI is InChI=1S/C26H28N2O2S4/c27-23(29)9-10-25(15-19-5-1-11-31-19,16-20-6-2-12-32-20)26(24(28)30,17-21-7-3-13-33-21)18-22-8-4-14-34-22/h1-8,11-14H,9-10,15-18H2,(H2,27,29)(H2,28,30). The van der Waals surface area contributed by atoms with Gasteiger partial charge in [0.15, 0.2) is 0 Å². The van der Waals surface area contributed by atoms with Gasteiger partial charge in [-0.25, -0.2) is 0 Å². The number of thiophene rings is 4. The quantitative estimate of drug-likeness (QED) is 0.225. The summed E-state index contributed by atoms with van der Waals surface area (Å²) in [7, 11) is 0. The van der Waals surface area contributed by atoms with Crippen molar-refractivity contribution in [2.75, 3.05) is 0 Å². The Morgan fingerprint density at radius 3 is 1.32 bits per heavy atom. The third kappa shape index (κ3) is 5.51. The van der Waals surface area contributed by atoms with Gasteiger partial charge in [0.05, 0.1) is 5.41 Å². The maximum Gasteiger partial charge on any atom is 0.224 e. The van der Waals surface area contributed by atoms with Crippen molar-refractivity contribution in [2.45, 2.75) is 38.5 Å². The van der Waals surface area contributed by atoms with E-state index in [1.165, 1.54) is 9.75 Å². The van der Waals surface area contributed by atoms with Gasteiger partial charge in [-0.15, -0.1) is 45.3 Å². The van der Waals surface area contributed by atoms with Crippen molar-refractivity contribution in [3.8, 4) is 0 Å². The first-order valence-corrected chi connectivity index (χ1v) is 14.6. The molecular formula is C26H28N2O2S4. The molecule has 0 saturated heterocycles. The summed E-state index contributed by atoms with van der Waals surface area (Å²) in [6.07, 6.45) is 3.10. The second-order valence-corrected chi connectivity index (χ2v) is 12.8. The number of hydrogen-bond donors (Lipinski definition) is 2. The van der Waals surface area contributed by atoms with Gasteiger partial charge in [0.2, 0.25) is 11.8 Å². The number of carbonyl (C=O) groups is 2. The minimum atomic E-state index is -0.897. The number of hydrogen-bond acceptors (Lipinski definition) is 6. The monoisotopic (exact) mass is 528 g/mol. The fourth-order valence-electron chi connectivity index (χ4n) is 4.97. The van der Waals surface area contributed by atoms with Crippen molar-refractivity contribution in [3.63, 3.8) is 0 Å². The van der Waals surface area contributed by atoms with Crippen molar-refractivity contribution in [1.82, 2.24) is 0 Å². The molecule has 2 amide bonds. The van der Waals surface area contributed by atoms with E-state index in [0.29, 0.717) is 32.1 Å². The Labute approximate surface area is 216 Å². The Balaban J connectivity index is 1.93. The zero-order valence-electron chi connectivity index (χ0n) is 18.8. The van der Waals surface area contributed by atoms with Gasteiger partial charge in [-0.05, 0) is 83.3 Å². The summed E-state index contributed by atoms with van der Waals surface area (Å²) in [5, 5.41) is 8.19. The first-order chi connectivity index (χ1) is 16.4. The minimum Gasteiger partial charge on any atom is -0.370 e. The lowest BCUT2D eigenvalue weighted by atomic mass is 9.54. The van der Waals surface area contributed by atoms with Crippen LogP contribution in [0.5, 0.6) is 0 Å². The molecule has 178 valence electrons. The molecule has 4 rings (SSSR count). The van der Waals surface area contributed by atoms with Crippen LogP contribution >= 0.6 is 45.3 Å². The number of carbonyl (C=O) groups excluding carboxylic acids is 2. The molecule has 0 aliphatic rings. The largest absolute Gasteiger partial charge is 0.370 e. The number of rotatable bonds is 13. The maximum absolute atomic E-state index is 13.7. The lowest BCUT2D eigenvalue weighted by molar-refractivity contribution is -0.138. The summed E-state index contributed by atoms with van der Waals surface area (Å²) in [5.74, 6) is -0.667. The lowest BCUT2D eigenvalue weighted by Crippen LogP contribution is -2.56. The molecule has 0 fully saturated rings. The van der Waals surface area contributed by atoms with Crippen molar-refractivity contribution < 1.29 is 9.59 Å². The van der Waals surface area contributed by atoms with Gasteiger partial charge in [0.25, 0.3) is 0 Å². The van der Waals surface area contributed by atoms with Gasteiger partial charge in [-0.2, -0.15) is 0 Å². The minimum absolute atomic E-state index is 0.209. The van der Waals surface area contributed by atoms with Crippen LogP contribution in [0.3, 0.4) is 0 Å². The van der Waals surface area contributed by atoms with Crippen LogP contribution in [0.4, 0.5) is 0 Å². The van der Waals surface area contributed by atoms with Gasteiger partial charge in [-0.1, -0.05) is 24.3 Å². The molecule has 0 bridgehead atoms. The SMILES string of the molecule is NC(=O)CCC(Cc1cccs1)(Cc1cccs1)C(Cc1cccs1)(Cc1cccs1)C(N)=O. The molecular weight excluding hydrogens is 501 g/mol. The lowest BCUT2D eigenvalue weighted by Gasteiger charge is -2.49. The molecule has 0 aliphatic heterocycles. The van der Waals surface area contributed by atoms with Crippen molar-refractivity contribution in [2.24, 2.45) is 22.3 Å². The highest BCUT2D eigenvalue weighted by Crippen LogP contribution is 2.53. The first-order valence-electron chi connectivity index (χ1n) is 11.1. The van der Waals surface area contributed by atoms with Crippen LogP contribution in [-0.2, 0) is 35.3 Å². The molecule has 0 saturated carbocycles. The Morgan fingerprint density at radius 1 is 0.647 bits per heavy atom. The molecule has 0 atom stereocenters. The van der Waals surface area contributed by atoms with E-state index in [-0.39, 0.29) is 18.2 Å². The van der Waals surface area contributed by atoms with E-state index in [0.717, 1.165) is 9.75 Å². The van der Waals surface area contributed by atoms with E-state index in [4.69, 9.17) is 11.5 Å². The number of amides is 2. The Morgan fingerprint density at radius 2 is 1.03 bits per heavy atom. The maximum atomic E-state index is 13.7. The zero-order chi connectivity index (χ0) is 24.0. The van der Waals surface area contributed by atoms with Crippen LogP contribution in [0.25, 0.3) is 0 Å². The predicted molar refractivity (Wildman–Crippen MR) is 145 cm³/mol. The van der Waals surface area contributed by atoms with Gasteiger partial charge in [-0.3, -0.25) is 9.59 Å². The third-order valence-electron chi connectivity index (χ3n) is 6.63. The average Bonchev–Trinajstić information content (AvgIpc) is 3.61. The Hall–Kier alpha value is -2.26. The molecule has 0 aromatic carbocycles. The number of primary amides is 2. The van der Waals surface area contributed by atoms with Crippen LogP contribution in [-0.4, -0.2) is 11.8 Å². The van der Waals surface area contributed by atoms with Crippen LogP contribution in [0.15, 0.2) is 70.1 Å². The molecule has 4 nitrogen and oxygen atoms in total. The smallest absolute Gasteiger partial charge is 0.224 e. The molecule has 4 heterocycles. The summed E-state index contributed by atoms with van der Waals surface area (Å²) in [4.78, 5) is 30.5. The fraction of sp³-hybridized carbons (Fsp3) is 0.308. The molecule has 0 spiro atoms. The van der Waals surface area contributed by atoms with Crippen molar-refractivity contribution in [1.29, 1.82) is 0 Å². The van der Waals surface area contributed by atoms with E-state index in [1.54, 1.807) is 45.3 Å². The highest BCUT2D eigenvalue weighted by atomic mass is 32.1. The van der Waals surface area contributed by atoms with Crippen molar-refractivity contribution in [3.05, 3.63) is 89.6 Å². The number of nitrogens with two attached hydrogens (primary N) is 2. The van der Waals surface area contributed by atoms with Crippen molar-refractivity contribution >= 4 is 57.2 Å². The molecule has 4 aromatic heterocycles. The van der Waals surface area contributed by atoms with Crippen LogP contribution in [0, 0.1) is 10.8 Å². The average molecular weight is 529 g/mol. The Kier molecular flexibility index (Phi) is 8.03. The van der Waals surface area contributed by atoms with Crippen LogP contribution in [0.2, 0.25) is 0 Å². The third-order valence-corrected chi connectivity index (χ3v) is 10.1. The van der Waals surface area contributed by atoms with Gasteiger partial charge in [0.1, 0.15) is 0 Å². The summed E-state index contributed by atoms with van der Waals surface area (Å²) >= 11 is 6.65. The highest BCUT2D eigenvalue weighted by Gasteiger charge is 2.55. The second kappa shape index (κ2) is 11.0. The van der Waals surface area contributed by atoms with Gasteiger partial charge >= 0.3 is 0 Å². The van der Waals surface area contributed by atoms with Crippen LogP contribution in [0.1, 0.15) is 32.4 Å². The molecule has 8 heteroatoms. The second-order valence-electron chi connectivity index (χ2n) is 8.72. The Bertz CT molecular complexity index is 1090. The van der Waals surface area contributed by atoms with E-state index in [9.17, 15) is 9.59 Å². The zero-order valence-corrected chi connectivity index (χ0v) is 22.0. The summed E-state index contributed by atoms with van der Waals surface area (Å²) in [6.45, 7) is 0. The first kappa shape index (κ1) is 24.9. The summed E-state index contributed by atoms with van der Waals surface area (Å²) < 4.78 is 0. The molecule has 4 aromatic rings. The van der Waals surface area contributed by atoms with Gasteiger partial charge in [0, 0.05) is 25.9 Å². The van der Waals surface area contributed by atoms with Gasteiger partial charge < -0.3 is 11.5 Å². The summed E-state index contributed by atoms with van der Waals surface area (Å²) in [5.41, 5.74) is 10.6. The van der Waals surface area contributed by atoms with E-state index in [1.807, 2.05) is 35.0 Å². The van der Waals surface area contributed by atoms with E-state index < -0.39 is 10.8 Å². The molecule has 0 radical (unpaired) electrons. The predicted octanol–water partition coefficient (Wildman–Crippen LogP) is 5.93. The molecule has 34 heavy (non-hydrogen) atoms. The summed E-state index contributed by atoms with van der Waals surface area (Å²) in [6, 6.07) is 16.5. The topological polar surface area (TPSA) is 86.2 Å². The molecule has 0 aliphatic carbocycles.